The highest BCUT2D eigenvalue weighted by atomic mass is 32.2. The number of aryl methyl sites for hydroxylation is 1. The van der Waals surface area contributed by atoms with E-state index in [9.17, 15) is 12.9 Å². The average Bonchev–Trinajstić information content (AvgIpc) is 3.00. The molecular formula is C14H18FNO2S. The van der Waals surface area contributed by atoms with Crippen LogP contribution in [0.15, 0.2) is 29.2 Å². The summed E-state index contributed by atoms with van der Waals surface area (Å²) < 4.78 is 39.0. The minimum atomic E-state index is -3.99. The lowest BCUT2D eigenvalue weighted by Gasteiger charge is -2.26. The molecule has 0 aliphatic heterocycles. The number of sulfonamides is 1. The number of hydrogen-bond acceptors (Lipinski definition) is 2. The highest BCUT2D eigenvalue weighted by Crippen LogP contribution is 2.47. The van der Waals surface area contributed by atoms with Gasteiger partial charge >= 0.3 is 0 Å². The Morgan fingerprint density at radius 1 is 1.16 bits per heavy atom. The maximum Gasteiger partial charge on any atom is 0.269 e. The third-order valence-corrected chi connectivity index (χ3v) is 6.11. The molecule has 0 amide bonds. The molecule has 2 aliphatic rings. The first-order valence-electron chi connectivity index (χ1n) is 6.75. The fourth-order valence-corrected chi connectivity index (χ4v) is 4.75. The molecule has 3 nitrogen and oxygen atoms in total. The van der Waals surface area contributed by atoms with Crippen molar-refractivity contribution in [2.75, 3.05) is 0 Å². The van der Waals surface area contributed by atoms with Gasteiger partial charge in [-0.3, -0.25) is 0 Å². The normalized spacial score (nSPS) is 30.2. The fourth-order valence-electron chi connectivity index (χ4n) is 3.45. The molecule has 1 aromatic rings. The maximum absolute atomic E-state index is 14.4. The Morgan fingerprint density at radius 2 is 1.84 bits per heavy atom. The van der Waals surface area contributed by atoms with E-state index in [1.165, 1.54) is 12.1 Å². The van der Waals surface area contributed by atoms with Gasteiger partial charge in [0.05, 0.1) is 10.9 Å². The van der Waals surface area contributed by atoms with Crippen molar-refractivity contribution in [3.8, 4) is 0 Å². The van der Waals surface area contributed by atoms with Gasteiger partial charge < -0.3 is 0 Å². The van der Waals surface area contributed by atoms with Crippen molar-refractivity contribution in [2.24, 2.45) is 11.8 Å². The molecule has 2 saturated carbocycles. The van der Waals surface area contributed by atoms with E-state index in [-0.39, 0.29) is 15.3 Å². The Balaban J connectivity index is 1.86. The Kier molecular flexibility index (Phi) is 3.14. The summed E-state index contributed by atoms with van der Waals surface area (Å²) in [4.78, 5) is 0.0448. The van der Waals surface area contributed by atoms with Gasteiger partial charge in [-0.25, -0.2) is 8.42 Å². The first-order chi connectivity index (χ1) is 8.98. The lowest BCUT2D eigenvalue weighted by Crippen LogP contribution is -2.37. The molecule has 2 aliphatic carbocycles. The van der Waals surface area contributed by atoms with Crippen LogP contribution in [0.1, 0.15) is 31.2 Å². The van der Waals surface area contributed by atoms with Gasteiger partial charge in [0.1, 0.15) is 0 Å². The fraction of sp³-hybridized carbons (Fsp3) is 0.571. The van der Waals surface area contributed by atoms with Gasteiger partial charge in [0, 0.05) is 0 Å². The highest BCUT2D eigenvalue weighted by molar-refractivity contribution is 7.89. The molecule has 0 heterocycles. The van der Waals surface area contributed by atoms with E-state index in [0.717, 1.165) is 24.8 Å². The summed E-state index contributed by atoms with van der Waals surface area (Å²) in [5.74, 6) is 0.719. The highest BCUT2D eigenvalue weighted by Gasteiger charge is 2.46. The van der Waals surface area contributed by atoms with Gasteiger partial charge in [0.15, 0.2) is 0 Å². The van der Waals surface area contributed by atoms with Gasteiger partial charge in [0.2, 0.25) is 0 Å². The summed E-state index contributed by atoms with van der Waals surface area (Å²) in [5.41, 5.74) is 0.962. The standard InChI is InChI=1S/C14H18FNO2S/c1-10-2-6-13(7-3-10)19(17,18)16(15)14-9-11-4-5-12(14)8-11/h2-3,6-7,11-12,14H,4-5,8-9H2,1H3/t11-,12+,14-/m1/s1. The van der Waals surface area contributed by atoms with Gasteiger partial charge in [0.25, 0.3) is 10.0 Å². The summed E-state index contributed by atoms with van der Waals surface area (Å²) in [6, 6.07) is 5.89. The van der Waals surface area contributed by atoms with Crippen LogP contribution in [-0.4, -0.2) is 19.0 Å². The molecule has 0 unspecified atom stereocenters. The lowest BCUT2D eigenvalue weighted by atomic mass is 9.96. The van der Waals surface area contributed by atoms with Crippen LogP contribution < -0.4 is 0 Å². The van der Waals surface area contributed by atoms with E-state index in [1.807, 2.05) is 6.92 Å². The van der Waals surface area contributed by atoms with Crippen LogP contribution in [-0.2, 0) is 10.0 Å². The van der Waals surface area contributed by atoms with Crippen LogP contribution >= 0.6 is 0 Å². The molecule has 1 aromatic carbocycles. The average molecular weight is 283 g/mol. The van der Waals surface area contributed by atoms with Crippen LogP contribution in [0.5, 0.6) is 0 Å². The van der Waals surface area contributed by atoms with E-state index in [4.69, 9.17) is 0 Å². The van der Waals surface area contributed by atoms with Gasteiger partial charge in [-0.15, -0.1) is 4.48 Å². The largest absolute Gasteiger partial charge is 0.269 e. The third-order valence-electron chi connectivity index (χ3n) is 4.51. The van der Waals surface area contributed by atoms with Gasteiger partial charge in [-0.05, 0) is 54.7 Å². The van der Waals surface area contributed by atoms with Crippen molar-refractivity contribution in [3.63, 3.8) is 0 Å². The molecular weight excluding hydrogens is 265 g/mol. The Labute approximate surface area is 113 Å². The molecule has 5 heteroatoms. The molecule has 3 rings (SSSR count). The predicted molar refractivity (Wildman–Crippen MR) is 70.5 cm³/mol. The van der Waals surface area contributed by atoms with Crippen LogP contribution in [0.25, 0.3) is 0 Å². The van der Waals surface area contributed by atoms with Crippen molar-refractivity contribution >= 4 is 10.0 Å². The monoisotopic (exact) mass is 283 g/mol. The number of halogens is 1. The quantitative estimate of drug-likeness (QED) is 0.800. The summed E-state index contributed by atoms with van der Waals surface area (Å²) >= 11 is 0. The molecule has 0 N–H and O–H groups in total. The number of nitrogens with zero attached hydrogens (tertiary/aromatic N) is 1. The molecule has 3 atom stereocenters. The van der Waals surface area contributed by atoms with E-state index in [2.05, 4.69) is 0 Å². The van der Waals surface area contributed by atoms with Crippen LogP contribution in [0.4, 0.5) is 4.48 Å². The SMILES string of the molecule is Cc1ccc(S(=O)(=O)N(F)[C@@H]2C[C@@H]3CC[C@H]2C3)cc1. The zero-order valence-electron chi connectivity index (χ0n) is 10.9. The topological polar surface area (TPSA) is 37.4 Å². The Bertz CT molecular complexity index is 570. The number of benzene rings is 1. The first kappa shape index (κ1) is 13.1. The molecule has 0 saturated heterocycles. The minimum absolute atomic E-state index is 0.0448. The molecule has 19 heavy (non-hydrogen) atoms. The van der Waals surface area contributed by atoms with E-state index >= 15 is 0 Å². The third kappa shape index (κ3) is 2.19. The molecule has 2 bridgehead atoms. The summed E-state index contributed by atoms with van der Waals surface area (Å²) in [5, 5.41) is 0. The van der Waals surface area contributed by atoms with Crippen LogP contribution in [0, 0.1) is 18.8 Å². The number of rotatable bonds is 3. The van der Waals surface area contributed by atoms with E-state index in [0.29, 0.717) is 12.3 Å². The maximum atomic E-state index is 14.4. The summed E-state index contributed by atoms with van der Waals surface area (Å²) in [6.45, 7) is 1.87. The van der Waals surface area contributed by atoms with E-state index < -0.39 is 16.1 Å². The molecule has 0 spiro atoms. The van der Waals surface area contributed by atoms with E-state index in [1.54, 1.807) is 12.1 Å². The molecule has 104 valence electrons. The second-order valence-corrected chi connectivity index (χ2v) is 7.57. The van der Waals surface area contributed by atoms with Gasteiger partial charge in [-0.1, -0.05) is 24.1 Å². The minimum Gasteiger partial charge on any atom is -0.205 e. The van der Waals surface area contributed by atoms with Crippen molar-refractivity contribution in [3.05, 3.63) is 29.8 Å². The molecule has 0 aromatic heterocycles. The predicted octanol–water partition coefficient (Wildman–Crippen LogP) is 3.06. The van der Waals surface area contributed by atoms with Crippen molar-refractivity contribution < 1.29 is 12.9 Å². The number of fused-ring (bicyclic) bond motifs is 2. The van der Waals surface area contributed by atoms with Crippen LogP contribution in [0.3, 0.4) is 0 Å². The Morgan fingerprint density at radius 3 is 2.37 bits per heavy atom. The van der Waals surface area contributed by atoms with Crippen LogP contribution in [0.2, 0.25) is 0 Å². The smallest absolute Gasteiger partial charge is 0.205 e. The summed E-state index contributed by atoms with van der Waals surface area (Å²) in [6.07, 6.45) is 3.74. The van der Waals surface area contributed by atoms with Crippen molar-refractivity contribution in [2.45, 2.75) is 43.5 Å². The zero-order valence-corrected chi connectivity index (χ0v) is 11.7. The first-order valence-corrected chi connectivity index (χ1v) is 8.19. The Hall–Kier alpha value is -0.940. The molecule has 2 fully saturated rings. The van der Waals surface area contributed by atoms with Gasteiger partial charge in [-0.2, -0.15) is 0 Å². The zero-order chi connectivity index (χ0) is 13.6. The molecule has 0 radical (unpaired) electrons. The second kappa shape index (κ2) is 4.56. The second-order valence-electron chi connectivity index (χ2n) is 5.80. The van der Waals surface area contributed by atoms with Crippen molar-refractivity contribution in [1.82, 2.24) is 4.53 Å². The summed E-state index contributed by atoms with van der Waals surface area (Å²) in [7, 11) is -3.99. The lowest BCUT2D eigenvalue weighted by molar-refractivity contribution is 0.0540. The van der Waals surface area contributed by atoms with Crippen molar-refractivity contribution in [1.29, 1.82) is 0 Å². The number of hydrogen-bond donors (Lipinski definition) is 0.